The molecular formula is C25H23N5O4S. The third-order valence-corrected chi connectivity index (χ3v) is 6.87. The van der Waals surface area contributed by atoms with Gasteiger partial charge in [-0.1, -0.05) is 23.5 Å². The molecule has 4 aromatic rings. The van der Waals surface area contributed by atoms with Gasteiger partial charge in [-0.25, -0.2) is 9.97 Å². The van der Waals surface area contributed by atoms with Crippen molar-refractivity contribution in [1.82, 2.24) is 14.5 Å². The number of methoxy groups -OCH3 is 1. The lowest BCUT2D eigenvalue weighted by molar-refractivity contribution is -0.121. The average Bonchev–Trinajstić information content (AvgIpc) is 3.61. The van der Waals surface area contributed by atoms with Crippen molar-refractivity contribution in [2.75, 3.05) is 23.5 Å². The molecule has 1 aliphatic rings. The minimum absolute atomic E-state index is 0.185. The molecule has 2 aromatic carbocycles. The summed E-state index contributed by atoms with van der Waals surface area (Å²) in [4.78, 5) is 49.8. The van der Waals surface area contributed by atoms with Crippen molar-refractivity contribution in [3.8, 4) is 5.75 Å². The van der Waals surface area contributed by atoms with Crippen molar-refractivity contribution in [2.24, 2.45) is 0 Å². The van der Waals surface area contributed by atoms with Crippen LogP contribution >= 0.6 is 11.3 Å². The molecule has 1 fully saturated rings. The number of rotatable bonds is 8. The molecule has 1 aliphatic heterocycles. The molecule has 0 radical (unpaired) electrons. The van der Waals surface area contributed by atoms with Crippen LogP contribution in [-0.4, -0.2) is 45.9 Å². The van der Waals surface area contributed by atoms with E-state index in [1.807, 2.05) is 29.0 Å². The highest BCUT2D eigenvalue weighted by Crippen LogP contribution is 2.35. The second-order valence-electron chi connectivity index (χ2n) is 8.09. The van der Waals surface area contributed by atoms with Crippen molar-refractivity contribution in [3.05, 3.63) is 66.7 Å². The van der Waals surface area contributed by atoms with Crippen LogP contribution in [0.2, 0.25) is 0 Å². The van der Waals surface area contributed by atoms with Gasteiger partial charge >= 0.3 is 0 Å². The molecule has 0 aliphatic carbocycles. The van der Waals surface area contributed by atoms with Gasteiger partial charge in [0.25, 0.3) is 5.91 Å². The molecule has 10 heteroatoms. The maximum absolute atomic E-state index is 13.8. The fourth-order valence-electron chi connectivity index (χ4n) is 4.10. The van der Waals surface area contributed by atoms with Crippen LogP contribution in [0.5, 0.6) is 5.75 Å². The fraction of sp³-hybridized carbons (Fsp3) is 0.240. The van der Waals surface area contributed by atoms with Gasteiger partial charge in [0.05, 0.1) is 23.8 Å². The largest absolute Gasteiger partial charge is 0.494 e. The van der Waals surface area contributed by atoms with Gasteiger partial charge in [0.15, 0.2) is 5.13 Å². The molecule has 0 saturated carbocycles. The first kappa shape index (κ1) is 22.7. The summed E-state index contributed by atoms with van der Waals surface area (Å²) in [5.41, 5.74) is 1.49. The van der Waals surface area contributed by atoms with E-state index in [0.29, 0.717) is 47.2 Å². The predicted molar refractivity (Wildman–Crippen MR) is 133 cm³/mol. The zero-order chi connectivity index (χ0) is 24.4. The Morgan fingerprint density at radius 3 is 2.69 bits per heavy atom. The SMILES string of the molecule is COc1cccc2sc(N(CCCn3ccnc3)C(=O)c3cccc(N4C(=O)CCC4=O)c3)nc12. The lowest BCUT2D eigenvalue weighted by atomic mass is 10.1. The maximum atomic E-state index is 13.8. The molecule has 1 saturated heterocycles. The van der Waals surface area contributed by atoms with Gasteiger partial charge < -0.3 is 9.30 Å². The summed E-state index contributed by atoms with van der Waals surface area (Å²) in [6.45, 7) is 1.11. The molecule has 3 heterocycles. The van der Waals surface area contributed by atoms with E-state index >= 15 is 0 Å². The van der Waals surface area contributed by atoms with Crippen LogP contribution in [0.15, 0.2) is 61.2 Å². The van der Waals surface area contributed by atoms with Crippen molar-refractivity contribution < 1.29 is 19.1 Å². The standard InChI is InChI=1S/C25H23N5O4S/c1-34-19-7-3-8-20-23(19)27-25(35-20)29(13-4-12-28-14-11-26-16-28)24(33)17-5-2-6-18(15-17)30-21(31)9-10-22(30)32/h2-3,5-8,11,14-16H,4,9-10,12-13H2,1H3. The second-order valence-corrected chi connectivity index (χ2v) is 9.10. The summed E-state index contributed by atoms with van der Waals surface area (Å²) < 4.78 is 8.31. The normalized spacial score (nSPS) is 13.6. The molecular weight excluding hydrogens is 466 g/mol. The number of ether oxygens (including phenoxy) is 1. The predicted octanol–water partition coefficient (Wildman–Crippen LogP) is 3.89. The Balaban J connectivity index is 1.48. The summed E-state index contributed by atoms with van der Waals surface area (Å²) in [5, 5.41) is 0.554. The molecule has 0 N–H and O–H groups in total. The van der Waals surface area contributed by atoms with Crippen molar-refractivity contribution in [2.45, 2.75) is 25.8 Å². The highest BCUT2D eigenvalue weighted by atomic mass is 32.1. The molecule has 3 amide bonds. The zero-order valence-corrected chi connectivity index (χ0v) is 19.9. The number of benzene rings is 2. The molecule has 9 nitrogen and oxygen atoms in total. The van der Waals surface area contributed by atoms with Crippen molar-refractivity contribution in [3.63, 3.8) is 0 Å². The van der Waals surface area contributed by atoms with Gasteiger partial charge in [-0.15, -0.1) is 0 Å². The van der Waals surface area contributed by atoms with E-state index < -0.39 is 0 Å². The van der Waals surface area contributed by atoms with Crippen LogP contribution in [0, 0.1) is 0 Å². The number of nitrogens with zero attached hydrogens (tertiary/aromatic N) is 5. The Bertz CT molecular complexity index is 1380. The molecule has 35 heavy (non-hydrogen) atoms. The molecule has 0 unspecified atom stereocenters. The number of hydrogen-bond donors (Lipinski definition) is 0. The van der Waals surface area contributed by atoms with Crippen LogP contribution < -0.4 is 14.5 Å². The van der Waals surface area contributed by atoms with E-state index in [0.717, 1.165) is 9.60 Å². The number of fused-ring (bicyclic) bond motifs is 1. The van der Waals surface area contributed by atoms with Gasteiger partial charge in [-0.3, -0.25) is 24.2 Å². The van der Waals surface area contributed by atoms with E-state index in [9.17, 15) is 14.4 Å². The number of para-hydroxylation sites is 1. The number of amides is 3. The summed E-state index contributed by atoms with van der Waals surface area (Å²) >= 11 is 1.41. The summed E-state index contributed by atoms with van der Waals surface area (Å²) in [7, 11) is 1.59. The number of imide groups is 1. The molecule has 0 atom stereocenters. The first-order valence-electron chi connectivity index (χ1n) is 11.2. The quantitative estimate of drug-likeness (QED) is 0.348. The topological polar surface area (TPSA) is 97.6 Å². The first-order valence-corrected chi connectivity index (χ1v) is 12.0. The molecule has 178 valence electrons. The van der Waals surface area contributed by atoms with E-state index in [-0.39, 0.29) is 30.6 Å². The Labute approximate surface area is 205 Å². The summed E-state index contributed by atoms with van der Waals surface area (Å²) in [5.74, 6) is -0.122. The van der Waals surface area contributed by atoms with Crippen LogP contribution in [0.4, 0.5) is 10.8 Å². The molecule has 0 bridgehead atoms. The monoisotopic (exact) mass is 489 g/mol. The molecule has 2 aromatic heterocycles. The van der Waals surface area contributed by atoms with E-state index in [2.05, 4.69) is 4.98 Å². The first-order chi connectivity index (χ1) is 17.0. The Kier molecular flexibility index (Phi) is 6.28. The number of carbonyl (C=O) groups excluding carboxylic acids is 3. The van der Waals surface area contributed by atoms with Crippen LogP contribution in [0.1, 0.15) is 29.6 Å². The van der Waals surface area contributed by atoms with Gasteiger partial charge in [-0.05, 0) is 36.8 Å². The van der Waals surface area contributed by atoms with Gasteiger partial charge in [0.1, 0.15) is 11.3 Å². The smallest absolute Gasteiger partial charge is 0.260 e. The summed E-state index contributed by atoms with van der Waals surface area (Å²) in [6, 6.07) is 12.3. The van der Waals surface area contributed by atoms with Crippen LogP contribution in [0.25, 0.3) is 10.2 Å². The third-order valence-electron chi connectivity index (χ3n) is 5.83. The van der Waals surface area contributed by atoms with Gasteiger partial charge in [0, 0.05) is 43.9 Å². The number of aryl methyl sites for hydroxylation is 1. The number of anilines is 2. The van der Waals surface area contributed by atoms with E-state index in [1.165, 1.54) is 11.3 Å². The van der Waals surface area contributed by atoms with Gasteiger partial charge in [-0.2, -0.15) is 0 Å². The number of aromatic nitrogens is 3. The average molecular weight is 490 g/mol. The number of imidazole rings is 1. The number of carbonyl (C=O) groups is 3. The zero-order valence-electron chi connectivity index (χ0n) is 19.1. The number of thiazole rings is 1. The van der Waals surface area contributed by atoms with E-state index in [1.54, 1.807) is 48.8 Å². The fourth-order valence-corrected chi connectivity index (χ4v) is 5.11. The Morgan fingerprint density at radius 2 is 1.94 bits per heavy atom. The number of hydrogen-bond acceptors (Lipinski definition) is 7. The highest BCUT2D eigenvalue weighted by molar-refractivity contribution is 7.22. The van der Waals surface area contributed by atoms with E-state index in [4.69, 9.17) is 9.72 Å². The van der Waals surface area contributed by atoms with Crippen LogP contribution in [0.3, 0.4) is 0 Å². The maximum Gasteiger partial charge on any atom is 0.260 e. The second kappa shape index (κ2) is 9.67. The summed E-state index contributed by atoms with van der Waals surface area (Å²) in [6.07, 6.45) is 6.38. The highest BCUT2D eigenvalue weighted by Gasteiger charge is 2.31. The van der Waals surface area contributed by atoms with Gasteiger partial charge in [0.2, 0.25) is 11.8 Å². The lowest BCUT2D eigenvalue weighted by Gasteiger charge is -2.21. The molecule has 5 rings (SSSR count). The molecule has 0 spiro atoms. The minimum atomic E-state index is -0.255. The minimum Gasteiger partial charge on any atom is -0.494 e. The lowest BCUT2D eigenvalue weighted by Crippen LogP contribution is -2.33. The Hall–Kier alpha value is -4.05. The third kappa shape index (κ3) is 4.52. The van der Waals surface area contributed by atoms with Crippen molar-refractivity contribution >= 4 is 50.1 Å². The Morgan fingerprint density at radius 1 is 1.14 bits per heavy atom. The van der Waals surface area contributed by atoms with Crippen LogP contribution in [-0.2, 0) is 16.1 Å². The van der Waals surface area contributed by atoms with Crippen molar-refractivity contribution in [1.29, 1.82) is 0 Å².